The SMILES string of the molecule is C/C=C/c1cnc2nc(N)nc(N)c2n1. The summed E-state index contributed by atoms with van der Waals surface area (Å²) in [4.78, 5) is 16.1. The van der Waals surface area contributed by atoms with Gasteiger partial charge in [0.2, 0.25) is 5.95 Å². The molecule has 0 amide bonds. The minimum atomic E-state index is 0.105. The summed E-state index contributed by atoms with van der Waals surface area (Å²) in [5.74, 6) is 0.351. The lowest BCUT2D eigenvalue weighted by atomic mass is 10.4. The van der Waals surface area contributed by atoms with Crippen LogP contribution in [0.2, 0.25) is 0 Å². The molecule has 0 atom stereocenters. The molecule has 0 aliphatic heterocycles. The van der Waals surface area contributed by atoms with Gasteiger partial charge in [-0.2, -0.15) is 9.97 Å². The molecule has 2 heterocycles. The molecule has 2 rings (SSSR count). The zero-order valence-corrected chi connectivity index (χ0v) is 8.18. The third-order valence-electron chi connectivity index (χ3n) is 1.81. The maximum absolute atomic E-state index is 5.66. The van der Waals surface area contributed by atoms with Gasteiger partial charge in [0.15, 0.2) is 17.0 Å². The largest absolute Gasteiger partial charge is 0.382 e. The molecule has 0 fully saturated rings. The Hall–Kier alpha value is -2.24. The van der Waals surface area contributed by atoms with Crippen LogP contribution < -0.4 is 11.5 Å². The van der Waals surface area contributed by atoms with Crippen molar-refractivity contribution in [1.82, 2.24) is 19.9 Å². The van der Waals surface area contributed by atoms with Gasteiger partial charge < -0.3 is 11.5 Å². The first kappa shape index (κ1) is 9.32. The standard InChI is InChI=1S/C9H10N6/c1-2-3-5-4-12-8-6(13-5)7(10)14-9(11)15-8/h2-4H,1H3,(H4,10,11,12,14,15)/b3-2+. The highest BCUT2D eigenvalue weighted by atomic mass is 15.1. The van der Waals surface area contributed by atoms with Gasteiger partial charge in [0.1, 0.15) is 0 Å². The highest BCUT2D eigenvalue weighted by molar-refractivity contribution is 5.82. The van der Waals surface area contributed by atoms with Crippen molar-refractivity contribution in [1.29, 1.82) is 0 Å². The quantitative estimate of drug-likeness (QED) is 0.702. The first-order valence-corrected chi connectivity index (χ1v) is 4.39. The normalized spacial score (nSPS) is 11.3. The first-order chi connectivity index (χ1) is 7.20. The van der Waals surface area contributed by atoms with Crippen molar-refractivity contribution in [3.05, 3.63) is 18.0 Å². The Morgan fingerprint density at radius 1 is 1.20 bits per heavy atom. The van der Waals surface area contributed by atoms with Crippen molar-refractivity contribution >= 4 is 29.0 Å². The summed E-state index contributed by atoms with van der Waals surface area (Å²) in [5.41, 5.74) is 12.7. The van der Waals surface area contributed by atoms with Crippen LogP contribution >= 0.6 is 0 Å². The average Bonchev–Trinajstić information content (AvgIpc) is 2.19. The van der Waals surface area contributed by atoms with Gasteiger partial charge in [-0.25, -0.2) is 9.97 Å². The van der Waals surface area contributed by atoms with Crippen LogP contribution in [0.25, 0.3) is 17.2 Å². The molecule has 2 aromatic rings. The third-order valence-corrected chi connectivity index (χ3v) is 1.81. The van der Waals surface area contributed by atoms with Crippen LogP contribution in [0.5, 0.6) is 0 Å². The van der Waals surface area contributed by atoms with Gasteiger partial charge in [0, 0.05) is 0 Å². The molecule has 0 saturated carbocycles. The maximum Gasteiger partial charge on any atom is 0.224 e. The summed E-state index contributed by atoms with van der Waals surface area (Å²) in [7, 11) is 0. The van der Waals surface area contributed by atoms with Crippen LogP contribution in [-0.2, 0) is 0 Å². The summed E-state index contributed by atoms with van der Waals surface area (Å²) in [5, 5.41) is 0. The van der Waals surface area contributed by atoms with Gasteiger partial charge in [0.05, 0.1) is 11.9 Å². The summed E-state index contributed by atoms with van der Waals surface area (Å²) in [6.07, 6.45) is 5.29. The van der Waals surface area contributed by atoms with E-state index in [9.17, 15) is 0 Å². The summed E-state index contributed by atoms with van der Waals surface area (Å²) in [6, 6.07) is 0. The van der Waals surface area contributed by atoms with Crippen LogP contribution in [-0.4, -0.2) is 19.9 Å². The van der Waals surface area contributed by atoms with E-state index >= 15 is 0 Å². The number of nitrogens with two attached hydrogens (primary N) is 2. The van der Waals surface area contributed by atoms with Crippen LogP contribution in [0.4, 0.5) is 11.8 Å². The minimum Gasteiger partial charge on any atom is -0.382 e. The number of rotatable bonds is 1. The number of allylic oxidation sites excluding steroid dienone is 1. The smallest absolute Gasteiger partial charge is 0.224 e. The van der Waals surface area contributed by atoms with E-state index < -0.39 is 0 Å². The second-order valence-electron chi connectivity index (χ2n) is 2.93. The number of hydrogen-bond donors (Lipinski definition) is 2. The molecule has 0 unspecified atom stereocenters. The molecule has 0 aliphatic carbocycles. The van der Waals surface area contributed by atoms with Gasteiger partial charge in [0.25, 0.3) is 0 Å². The van der Waals surface area contributed by atoms with Crippen LogP contribution in [0.1, 0.15) is 12.6 Å². The van der Waals surface area contributed by atoms with Gasteiger partial charge in [-0.3, -0.25) is 0 Å². The number of nitrogens with zero attached hydrogens (tertiary/aromatic N) is 4. The molecule has 6 heteroatoms. The number of fused-ring (bicyclic) bond motifs is 1. The van der Waals surface area contributed by atoms with E-state index in [1.54, 1.807) is 6.20 Å². The molecule has 6 nitrogen and oxygen atoms in total. The molecular weight excluding hydrogens is 192 g/mol. The molecule has 0 bridgehead atoms. The number of hydrogen-bond acceptors (Lipinski definition) is 6. The Morgan fingerprint density at radius 2 is 2.00 bits per heavy atom. The van der Waals surface area contributed by atoms with Crippen molar-refractivity contribution in [2.75, 3.05) is 11.5 Å². The number of aromatic nitrogens is 4. The maximum atomic E-state index is 5.66. The second kappa shape index (κ2) is 3.49. The lowest BCUT2D eigenvalue weighted by Crippen LogP contribution is -2.03. The van der Waals surface area contributed by atoms with E-state index in [0.717, 1.165) is 0 Å². The van der Waals surface area contributed by atoms with Gasteiger partial charge in [-0.05, 0) is 13.0 Å². The Morgan fingerprint density at radius 3 is 2.73 bits per heavy atom. The van der Waals surface area contributed by atoms with E-state index in [0.29, 0.717) is 16.9 Å². The van der Waals surface area contributed by atoms with Crippen molar-refractivity contribution in [2.45, 2.75) is 6.92 Å². The molecule has 0 radical (unpaired) electrons. The topological polar surface area (TPSA) is 104 Å². The minimum absolute atomic E-state index is 0.105. The third kappa shape index (κ3) is 1.69. The van der Waals surface area contributed by atoms with Crippen LogP contribution in [0, 0.1) is 0 Å². The second-order valence-corrected chi connectivity index (χ2v) is 2.93. The zero-order valence-electron chi connectivity index (χ0n) is 8.18. The Balaban J connectivity index is 2.71. The lowest BCUT2D eigenvalue weighted by Gasteiger charge is -2.01. The fourth-order valence-electron chi connectivity index (χ4n) is 1.21. The van der Waals surface area contributed by atoms with E-state index in [-0.39, 0.29) is 11.8 Å². The van der Waals surface area contributed by atoms with Gasteiger partial charge in [-0.15, -0.1) is 0 Å². The molecule has 76 valence electrons. The van der Waals surface area contributed by atoms with Crippen molar-refractivity contribution in [3.8, 4) is 0 Å². The van der Waals surface area contributed by atoms with Crippen molar-refractivity contribution < 1.29 is 0 Å². The average molecular weight is 202 g/mol. The first-order valence-electron chi connectivity index (χ1n) is 4.39. The molecule has 0 aromatic carbocycles. The summed E-state index contributed by atoms with van der Waals surface area (Å²) in [6.45, 7) is 1.90. The fraction of sp³-hybridized carbons (Fsp3) is 0.111. The van der Waals surface area contributed by atoms with Crippen LogP contribution in [0.15, 0.2) is 12.3 Å². The predicted octanol–water partition coefficient (Wildman–Crippen LogP) is 0.617. The Bertz CT molecular complexity index is 533. The van der Waals surface area contributed by atoms with Gasteiger partial charge in [-0.1, -0.05) is 6.08 Å². The van der Waals surface area contributed by atoms with Crippen molar-refractivity contribution in [3.63, 3.8) is 0 Å². The highest BCUT2D eigenvalue weighted by Crippen LogP contribution is 2.14. The molecule has 2 aromatic heterocycles. The fourth-order valence-corrected chi connectivity index (χ4v) is 1.21. The molecule has 4 N–H and O–H groups in total. The predicted molar refractivity (Wildman–Crippen MR) is 58.7 cm³/mol. The van der Waals surface area contributed by atoms with E-state index in [4.69, 9.17) is 11.5 Å². The van der Waals surface area contributed by atoms with E-state index in [2.05, 4.69) is 19.9 Å². The van der Waals surface area contributed by atoms with Gasteiger partial charge >= 0.3 is 0 Å². The van der Waals surface area contributed by atoms with Crippen molar-refractivity contribution in [2.24, 2.45) is 0 Å². The highest BCUT2D eigenvalue weighted by Gasteiger charge is 2.05. The Kier molecular flexibility index (Phi) is 2.17. The molecule has 0 saturated heterocycles. The molecule has 0 aliphatic rings. The Labute approximate surface area is 86.1 Å². The lowest BCUT2D eigenvalue weighted by molar-refractivity contribution is 1.16. The number of nitrogen functional groups attached to an aromatic ring is 2. The number of anilines is 2. The monoisotopic (exact) mass is 202 g/mol. The van der Waals surface area contributed by atoms with E-state index in [1.807, 2.05) is 19.1 Å². The van der Waals surface area contributed by atoms with E-state index in [1.165, 1.54) is 0 Å². The molecule has 0 spiro atoms. The molecular formula is C9H10N6. The zero-order chi connectivity index (χ0) is 10.8. The summed E-state index contributed by atoms with van der Waals surface area (Å²) >= 11 is 0. The summed E-state index contributed by atoms with van der Waals surface area (Å²) < 4.78 is 0. The molecule has 15 heavy (non-hydrogen) atoms. The van der Waals surface area contributed by atoms with Crippen LogP contribution in [0.3, 0.4) is 0 Å².